The smallest absolute Gasteiger partial charge is 0.331 e. The van der Waals surface area contributed by atoms with Gasteiger partial charge in [-0.2, -0.15) is 0 Å². The third kappa shape index (κ3) is 4.32. The van der Waals surface area contributed by atoms with Crippen molar-refractivity contribution in [2.24, 2.45) is 5.41 Å². The second-order valence-electron chi connectivity index (χ2n) is 6.55. The van der Waals surface area contributed by atoms with E-state index in [0.717, 1.165) is 0 Å². The molecule has 0 amide bonds. The molecule has 0 aliphatic rings. The molecule has 146 valence electrons. The molecule has 0 fully saturated rings. The molecular formula is C17H22Cl2O7. The van der Waals surface area contributed by atoms with Crippen molar-refractivity contribution in [1.82, 2.24) is 0 Å². The molecule has 0 aliphatic heterocycles. The van der Waals surface area contributed by atoms with Crippen molar-refractivity contribution in [1.29, 1.82) is 0 Å². The number of hydrogen-bond acceptors (Lipinski definition) is 7. The molecule has 0 saturated carbocycles. The van der Waals surface area contributed by atoms with Crippen LogP contribution in [0.15, 0.2) is 4.42 Å². The van der Waals surface area contributed by atoms with Gasteiger partial charge in [0.05, 0.1) is 18.6 Å². The van der Waals surface area contributed by atoms with Gasteiger partial charge in [-0.15, -0.1) is 0 Å². The summed E-state index contributed by atoms with van der Waals surface area (Å²) in [7, 11) is 0. The van der Waals surface area contributed by atoms with Crippen LogP contribution in [0.5, 0.6) is 5.95 Å². The fourth-order valence-corrected chi connectivity index (χ4v) is 2.28. The molecule has 0 bridgehead atoms. The molecule has 0 N–H and O–H groups in total. The molecular weight excluding hydrogens is 387 g/mol. The quantitative estimate of drug-likeness (QED) is 0.519. The van der Waals surface area contributed by atoms with Crippen LogP contribution in [0.25, 0.3) is 0 Å². The maximum absolute atomic E-state index is 12.4. The molecule has 9 heteroatoms. The lowest BCUT2D eigenvalue weighted by Gasteiger charge is -2.23. The highest BCUT2D eigenvalue weighted by Gasteiger charge is 2.52. The van der Waals surface area contributed by atoms with Crippen molar-refractivity contribution in [3.8, 4) is 5.95 Å². The number of halogens is 2. The topological polar surface area (TPSA) is 92.0 Å². The van der Waals surface area contributed by atoms with Crippen LogP contribution in [-0.4, -0.2) is 31.1 Å². The van der Waals surface area contributed by atoms with E-state index in [1.165, 1.54) is 6.92 Å². The van der Waals surface area contributed by atoms with Crippen LogP contribution in [0.2, 0.25) is 10.0 Å². The number of rotatable bonds is 6. The lowest BCUT2D eigenvalue weighted by molar-refractivity contribution is -0.164. The third-order valence-corrected chi connectivity index (χ3v) is 4.19. The molecule has 1 heterocycles. The van der Waals surface area contributed by atoms with Gasteiger partial charge in [0.2, 0.25) is 5.41 Å². The monoisotopic (exact) mass is 408 g/mol. The Morgan fingerprint density at radius 1 is 0.885 bits per heavy atom. The van der Waals surface area contributed by atoms with Gasteiger partial charge in [-0.05, 0) is 41.5 Å². The van der Waals surface area contributed by atoms with E-state index in [-0.39, 0.29) is 29.0 Å². The fraction of sp³-hybridized carbons (Fsp3) is 0.588. The summed E-state index contributed by atoms with van der Waals surface area (Å²) in [5.41, 5.74) is -2.85. The number of ether oxygens (including phenoxy) is 3. The molecule has 1 rings (SSSR count). The molecule has 7 nitrogen and oxygen atoms in total. The van der Waals surface area contributed by atoms with Gasteiger partial charge >= 0.3 is 23.9 Å². The lowest BCUT2D eigenvalue weighted by atomic mass is 9.87. The Balaban J connectivity index is 3.45. The van der Waals surface area contributed by atoms with Gasteiger partial charge in [-0.1, -0.05) is 23.2 Å². The van der Waals surface area contributed by atoms with E-state index in [2.05, 4.69) is 0 Å². The van der Waals surface area contributed by atoms with Crippen LogP contribution in [0.4, 0.5) is 0 Å². The maximum atomic E-state index is 12.4. The Hall–Kier alpha value is -1.73. The highest BCUT2D eigenvalue weighted by atomic mass is 35.5. The molecule has 0 radical (unpaired) electrons. The van der Waals surface area contributed by atoms with E-state index in [4.69, 9.17) is 41.8 Å². The van der Waals surface area contributed by atoms with E-state index < -0.39 is 34.7 Å². The van der Waals surface area contributed by atoms with E-state index in [1.54, 1.807) is 34.6 Å². The summed E-state index contributed by atoms with van der Waals surface area (Å²) in [4.78, 5) is 36.9. The van der Waals surface area contributed by atoms with Gasteiger partial charge in [-0.3, -0.25) is 14.4 Å². The summed E-state index contributed by atoms with van der Waals surface area (Å²) in [5.74, 6) is -3.23. The predicted octanol–water partition coefficient (Wildman–Crippen LogP) is 3.92. The number of hydrogen-bond donors (Lipinski definition) is 0. The van der Waals surface area contributed by atoms with Crippen LogP contribution in [-0.2, 0) is 29.3 Å². The van der Waals surface area contributed by atoms with Crippen molar-refractivity contribution >= 4 is 41.1 Å². The molecule has 1 aromatic rings. The number of furan rings is 1. The average molecular weight is 409 g/mol. The fourth-order valence-electron chi connectivity index (χ4n) is 1.82. The van der Waals surface area contributed by atoms with Crippen molar-refractivity contribution < 1.29 is 33.0 Å². The molecule has 0 atom stereocenters. The lowest BCUT2D eigenvalue weighted by Crippen LogP contribution is -2.43. The van der Waals surface area contributed by atoms with Crippen molar-refractivity contribution in [3.63, 3.8) is 0 Å². The van der Waals surface area contributed by atoms with E-state index >= 15 is 0 Å². The minimum Gasteiger partial charge on any atom is -0.465 e. The van der Waals surface area contributed by atoms with Crippen molar-refractivity contribution in [3.05, 3.63) is 15.8 Å². The van der Waals surface area contributed by atoms with E-state index in [0.29, 0.717) is 0 Å². The van der Waals surface area contributed by atoms with Crippen LogP contribution in [0.1, 0.15) is 47.3 Å². The Morgan fingerprint density at radius 2 is 1.35 bits per heavy atom. The van der Waals surface area contributed by atoms with Crippen molar-refractivity contribution in [2.75, 3.05) is 13.2 Å². The standard InChI is InChI=1S/C17H22Cl2O7/c1-7-23-14(21)17(6,15(22)24-8-2)11-9(18)10(19)12(25-11)26-13(20)16(3,4)5/h7-8H2,1-6H3. The summed E-state index contributed by atoms with van der Waals surface area (Å²) in [6, 6.07) is 0. The Bertz CT molecular complexity index is 683. The van der Waals surface area contributed by atoms with Gasteiger partial charge in [0.25, 0.3) is 0 Å². The first-order valence-corrected chi connectivity index (χ1v) is 8.71. The first-order chi connectivity index (χ1) is 11.9. The second kappa shape index (κ2) is 8.31. The molecule has 0 saturated heterocycles. The van der Waals surface area contributed by atoms with E-state index in [9.17, 15) is 14.4 Å². The van der Waals surface area contributed by atoms with Gasteiger partial charge in [0.1, 0.15) is 10.0 Å². The number of carbonyl (C=O) groups is 3. The van der Waals surface area contributed by atoms with Crippen LogP contribution >= 0.6 is 23.2 Å². The van der Waals surface area contributed by atoms with Gasteiger partial charge in [0.15, 0.2) is 5.76 Å². The summed E-state index contributed by atoms with van der Waals surface area (Å²) < 4.78 is 20.4. The number of carbonyl (C=O) groups excluding carboxylic acids is 3. The Labute approximate surface area is 161 Å². The summed E-state index contributed by atoms with van der Waals surface area (Å²) in [6.45, 7) is 9.34. The number of esters is 3. The summed E-state index contributed by atoms with van der Waals surface area (Å²) in [5, 5.41) is -0.480. The molecule has 0 aliphatic carbocycles. The SMILES string of the molecule is CCOC(=O)C(C)(C(=O)OCC)c1oc(OC(=O)C(C)(C)C)c(Cl)c1Cl. The summed E-state index contributed by atoms with van der Waals surface area (Å²) >= 11 is 12.2. The minimum atomic E-state index is -2.01. The Kier molecular flexibility index (Phi) is 7.13. The van der Waals surface area contributed by atoms with Gasteiger partial charge < -0.3 is 18.6 Å². The largest absolute Gasteiger partial charge is 0.465 e. The first kappa shape index (κ1) is 22.3. The first-order valence-electron chi connectivity index (χ1n) is 7.96. The molecule has 26 heavy (non-hydrogen) atoms. The second-order valence-corrected chi connectivity index (χ2v) is 7.31. The highest BCUT2D eigenvalue weighted by Crippen LogP contribution is 2.45. The van der Waals surface area contributed by atoms with Gasteiger partial charge in [-0.25, -0.2) is 0 Å². The van der Waals surface area contributed by atoms with Crippen LogP contribution < -0.4 is 4.74 Å². The maximum Gasteiger partial charge on any atom is 0.331 e. The highest BCUT2D eigenvalue weighted by molar-refractivity contribution is 6.43. The molecule has 1 aromatic heterocycles. The molecule has 0 aromatic carbocycles. The minimum absolute atomic E-state index is 0.0196. The van der Waals surface area contributed by atoms with Crippen LogP contribution in [0.3, 0.4) is 0 Å². The predicted molar refractivity (Wildman–Crippen MR) is 94.4 cm³/mol. The van der Waals surface area contributed by atoms with Gasteiger partial charge in [0, 0.05) is 0 Å². The van der Waals surface area contributed by atoms with Crippen molar-refractivity contribution in [2.45, 2.75) is 47.0 Å². The van der Waals surface area contributed by atoms with Crippen LogP contribution in [0, 0.1) is 5.41 Å². The zero-order valence-electron chi connectivity index (χ0n) is 15.5. The average Bonchev–Trinajstić information content (AvgIpc) is 2.82. The molecule has 0 unspecified atom stereocenters. The zero-order chi connectivity index (χ0) is 20.3. The summed E-state index contributed by atoms with van der Waals surface area (Å²) in [6.07, 6.45) is 0. The third-order valence-electron chi connectivity index (χ3n) is 3.39. The molecule has 0 spiro atoms. The zero-order valence-corrected chi connectivity index (χ0v) is 17.0. The Morgan fingerprint density at radius 3 is 1.73 bits per heavy atom. The normalized spacial score (nSPS) is 11.8. The van der Waals surface area contributed by atoms with E-state index in [1.807, 2.05) is 0 Å².